The Morgan fingerprint density at radius 2 is 1.06 bits per heavy atom. The maximum atomic E-state index is 11.2. The van der Waals surface area contributed by atoms with E-state index in [1.165, 1.54) is 54.0 Å². The molecule has 3 aromatic carbocycles. The van der Waals surface area contributed by atoms with Gasteiger partial charge in [-0.2, -0.15) is 36.2 Å². The molecule has 0 heterocycles. The maximum Gasteiger partial charge on any atom is 0.416 e. The molecule has 0 aromatic heterocycles. The number of esters is 2. The number of carboxylic acid groups (broad SMARTS) is 1. The minimum atomic E-state index is -0.735. The van der Waals surface area contributed by atoms with Crippen molar-refractivity contribution in [2.75, 3.05) is 14.2 Å². The number of carbonyl (C=O) groups is 3. The number of hydrogen-bond donors (Lipinski definition) is 2. The number of thiol groups is 1. The van der Waals surface area contributed by atoms with Gasteiger partial charge in [-0.15, -0.1) is 0 Å². The molecule has 3 aromatic rings. The SMILES string of the molecule is C=C(C)[CH+]C(=O)OC.COC(=O)CC(C)(C)SCc1ccc(C)cc1.Cc1ccc(CS)cc1.Cc1ccc(CSC(C)(C)CC(=O)O)cc1. The number of thioether (sulfide) groups is 2. The van der Waals surface area contributed by atoms with E-state index in [4.69, 9.17) is 9.84 Å². The van der Waals surface area contributed by atoms with E-state index < -0.39 is 5.97 Å². The summed E-state index contributed by atoms with van der Waals surface area (Å²) in [5, 5.41) is 8.77. The van der Waals surface area contributed by atoms with Gasteiger partial charge in [0.1, 0.15) is 5.57 Å². The summed E-state index contributed by atoms with van der Waals surface area (Å²) in [6.07, 6.45) is 1.98. The third-order valence-corrected chi connectivity index (χ3v) is 9.92. The summed E-state index contributed by atoms with van der Waals surface area (Å²) in [6.45, 7) is 19.5. The van der Waals surface area contributed by atoms with Crippen molar-refractivity contribution in [1.82, 2.24) is 0 Å². The van der Waals surface area contributed by atoms with Crippen LogP contribution < -0.4 is 0 Å². The van der Waals surface area contributed by atoms with Crippen LogP contribution in [0.25, 0.3) is 0 Å². The Bertz CT molecular complexity index is 1430. The standard InChI is InChI=1S/C14H20O2S.C13H18O2S.C8H10S.C6H9O2/c1-11-5-7-12(8-6-11)10-17-14(2,3)9-13(15)16-4;1-10-4-6-11(7-5-10)9-16-13(2,3)8-12(14)15;1-7-2-4-8(6-9)5-3-7;1-5(2)4-6(7)8-3/h5-8H,9-10H2,1-4H3;4-7H,8-9H2,1-3H3,(H,14,15);2-5,9H,6H2,1H3;4H,1H2,2-3H3/q;;;+1. The molecule has 0 fully saturated rings. The smallest absolute Gasteiger partial charge is 0.416 e. The largest absolute Gasteiger partial charge is 0.481 e. The van der Waals surface area contributed by atoms with E-state index in [2.05, 4.69) is 131 Å². The second-order valence-electron chi connectivity index (χ2n) is 13.0. The van der Waals surface area contributed by atoms with Crippen molar-refractivity contribution in [3.63, 3.8) is 0 Å². The monoisotopic (exact) mass is 741 g/mol. The van der Waals surface area contributed by atoms with Gasteiger partial charge in [-0.05, 0) is 44.4 Å². The van der Waals surface area contributed by atoms with Gasteiger partial charge in [0.2, 0.25) is 0 Å². The van der Waals surface area contributed by atoms with Crippen LogP contribution >= 0.6 is 36.2 Å². The molecule has 0 aliphatic rings. The molecule has 0 aliphatic carbocycles. The number of carbonyl (C=O) groups excluding carboxylic acids is 2. The van der Waals surface area contributed by atoms with Crippen molar-refractivity contribution in [3.8, 4) is 0 Å². The molecule has 0 aliphatic heterocycles. The predicted octanol–water partition coefficient (Wildman–Crippen LogP) is 10.4. The molecule has 0 unspecified atom stereocenters. The van der Waals surface area contributed by atoms with E-state index in [9.17, 15) is 14.4 Å². The topological polar surface area (TPSA) is 89.9 Å². The first-order chi connectivity index (χ1) is 23.3. The van der Waals surface area contributed by atoms with Crippen molar-refractivity contribution >= 4 is 54.1 Å². The number of carboxylic acids is 1. The van der Waals surface area contributed by atoms with E-state index in [1.54, 1.807) is 30.4 Å². The van der Waals surface area contributed by atoms with Crippen LogP contribution in [0.2, 0.25) is 0 Å². The summed E-state index contributed by atoms with van der Waals surface area (Å²) in [7, 11) is 2.77. The van der Waals surface area contributed by atoms with Crippen molar-refractivity contribution < 1.29 is 29.0 Å². The van der Waals surface area contributed by atoms with Crippen LogP contribution in [-0.4, -0.2) is 46.7 Å². The Labute approximate surface area is 315 Å². The van der Waals surface area contributed by atoms with Crippen molar-refractivity contribution in [3.05, 3.63) is 125 Å². The number of aliphatic carboxylic acids is 1. The number of hydrogen-bond acceptors (Lipinski definition) is 8. The van der Waals surface area contributed by atoms with Crippen LogP contribution in [0.4, 0.5) is 0 Å². The van der Waals surface area contributed by atoms with E-state index in [0.29, 0.717) is 12.0 Å². The van der Waals surface area contributed by atoms with Gasteiger partial charge in [-0.3, -0.25) is 9.59 Å². The number of aryl methyl sites for hydroxylation is 3. The van der Waals surface area contributed by atoms with Gasteiger partial charge in [0.15, 0.2) is 6.42 Å². The van der Waals surface area contributed by atoms with Crippen LogP contribution in [0.5, 0.6) is 0 Å². The highest BCUT2D eigenvalue weighted by molar-refractivity contribution is 8.00. The van der Waals surface area contributed by atoms with Crippen LogP contribution in [0.15, 0.2) is 84.9 Å². The molecule has 0 bridgehead atoms. The van der Waals surface area contributed by atoms with Gasteiger partial charge >= 0.3 is 17.9 Å². The van der Waals surface area contributed by atoms with Gasteiger partial charge in [0.05, 0.1) is 27.1 Å². The molecule has 1 N–H and O–H groups in total. The zero-order chi connectivity index (χ0) is 38.3. The summed E-state index contributed by atoms with van der Waals surface area (Å²) < 4.78 is 8.71. The summed E-state index contributed by atoms with van der Waals surface area (Å²) in [4.78, 5) is 32.2. The first kappa shape index (κ1) is 46.7. The van der Waals surface area contributed by atoms with Crippen LogP contribution in [0.3, 0.4) is 0 Å². The number of methoxy groups -OCH3 is 2. The van der Waals surface area contributed by atoms with Crippen LogP contribution in [0.1, 0.15) is 80.8 Å². The average molecular weight is 742 g/mol. The molecule has 0 atom stereocenters. The number of benzene rings is 3. The van der Waals surface area contributed by atoms with Gasteiger partial charge in [0, 0.05) is 33.3 Å². The van der Waals surface area contributed by atoms with E-state index in [-0.39, 0.29) is 27.9 Å². The molecule has 0 amide bonds. The molecule has 3 rings (SSSR count). The Hall–Kier alpha value is -3.27. The van der Waals surface area contributed by atoms with E-state index in [0.717, 1.165) is 17.3 Å². The Kier molecular flexibility index (Phi) is 23.2. The molecule has 0 spiro atoms. The fraction of sp³-hybridized carbons (Fsp3) is 0.415. The van der Waals surface area contributed by atoms with Crippen molar-refractivity contribution in [2.45, 2.75) is 95.0 Å². The summed E-state index contributed by atoms with van der Waals surface area (Å²) in [5.41, 5.74) is 8.35. The highest BCUT2D eigenvalue weighted by Gasteiger charge is 2.23. The lowest BCUT2D eigenvalue weighted by molar-refractivity contribution is -0.141. The zero-order valence-electron chi connectivity index (χ0n) is 31.5. The normalized spacial score (nSPS) is 10.5. The first-order valence-electron chi connectivity index (χ1n) is 16.2. The average Bonchev–Trinajstić information content (AvgIpc) is 3.04. The fourth-order valence-electron chi connectivity index (χ4n) is 3.77. The maximum absolute atomic E-state index is 11.2. The molecule has 50 heavy (non-hydrogen) atoms. The summed E-state index contributed by atoms with van der Waals surface area (Å²) in [5.74, 6) is 1.38. The lowest BCUT2D eigenvalue weighted by atomic mass is 10.1. The number of rotatable bonds is 13. The molecular weight excluding hydrogens is 685 g/mol. The minimum Gasteiger partial charge on any atom is -0.481 e. The highest BCUT2D eigenvalue weighted by Crippen LogP contribution is 2.32. The second-order valence-corrected chi connectivity index (χ2v) is 16.7. The van der Waals surface area contributed by atoms with Crippen molar-refractivity contribution in [1.29, 1.82) is 0 Å². The first-order valence-corrected chi connectivity index (χ1v) is 18.8. The summed E-state index contributed by atoms with van der Waals surface area (Å²) >= 11 is 7.61. The lowest BCUT2D eigenvalue weighted by Gasteiger charge is -2.22. The fourth-order valence-corrected chi connectivity index (χ4v) is 5.92. The molecule has 0 saturated carbocycles. The molecule has 6 nitrogen and oxygen atoms in total. The van der Waals surface area contributed by atoms with Gasteiger partial charge in [-0.1, -0.05) is 117 Å². The number of ether oxygens (including phenoxy) is 2. The van der Waals surface area contributed by atoms with Crippen LogP contribution in [-0.2, 0) is 41.1 Å². The van der Waals surface area contributed by atoms with Crippen molar-refractivity contribution in [2.24, 2.45) is 0 Å². The molecule has 274 valence electrons. The second kappa shape index (κ2) is 24.8. The third kappa shape index (κ3) is 24.8. The minimum absolute atomic E-state index is 0.0853. The molecule has 0 radical (unpaired) electrons. The lowest BCUT2D eigenvalue weighted by Crippen LogP contribution is -2.21. The Morgan fingerprint density at radius 3 is 1.34 bits per heavy atom. The third-order valence-electron chi connectivity index (χ3n) is 6.74. The quantitative estimate of drug-likeness (QED) is 0.102. The Balaban J connectivity index is 0.000000672. The van der Waals surface area contributed by atoms with E-state index >= 15 is 0 Å². The summed E-state index contributed by atoms with van der Waals surface area (Å²) in [6, 6.07) is 25.3. The molecular formula is C41H57O6S3+. The van der Waals surface area contributed by atoms with Gasteiger partial charge in [-0.25, -0.2) is 4.79 Å². The van der Waals surface area contributed by atoms with Crippen LogP contribution in [0, 0.1) is 27.2 Å². The van der Waals surface area contributed by atoms with Gasteiger partial charge in [0.25, 0.3) is 0 Å². The van der Waals surface area contributed by atoms with E-state index in [1.807, 2.05) is 13.8 Å². The molecule has 9 heteroatoms. The Morgan fingerprint density at radius 1 is 0.700 bits per heavy atom. The highest BCUT2D eigenvalue weighted by atomic mass is 32.2. The molecule has 0 saturated heterocycles. The zero-order valence-corrected chi connectivity index (χ0v) is 34.0. The van der Waals surface area contributed by atoms with Gasteiger partial charge < -0.3 is 14.6 Å². The predicted molar refractivity (Wildman–Crippen MR) is 217 cm³/mol.